The van der Waals surface area contributed by atoms with Gasteiger partial charge in [0.1, 0.15) is 5.75 Å². The Morgan fingerprint density at radius 1 is 0.926 bits per heavy atom. The number of rotatable bonds is 3. The monoisotopic (exact) mass is 397 g/mol. The summed E-state index contributed by atoms with van der Waals surface area (Å²) in [5.41, 5.74) is 0.742. The highest BCUT2D eigenvalue weighted by atomic mass is 19.4. The minimum atomic E-state index is -4.84. The van der Waals surface area contributed by atoms with Gasteiger partial charge in [-0.15, -0.1) is 13.2 Å². The smallest absolute Gasteiger partial charge is 0.406 e. The van der Waals surface area contributed by atoms with E-state index in [0.717, 1.165) is 10.6 Å². The van der Waals surface area contributed by atoms with E-state index in [0.29, 0.717) is 26.2 Å². The van der Waals surface area contributed by atoms with E-state index in [1.165, 1.54) is 24.3 Å². The average Bonchev–Trinajstić information content (AvgIpc) is 2.52. The van der Waals surface area contributed by atoms with Crippen molar-refractivity contribution < 1.29 is 35.9 Å². The van der Waals surface area contributed by atoms with Crippen LogP contribution in [0.15, 0.2) is 24.3 Å². The number of piperazine rings is 1. The number of alkyl halides is 6. The number of halogens is 6. The van der Waals surface area contributed by atoms with Crippen molar-refractivity contribution in [2.45, 2.75) is 18.6 Å². The van der Waals surface area contributed by atoms with Gasteiger partial charge in [-0.2, -0.15) is 13.2 Å². The third-order valence-electron chi connectivity index (χ3n) is 4.66. The second-order valence-electron chi connectivity index (χ2n) is 6.43. The number of anilines is 1. The van der Waals surface area contributed by atoms with Crippen LogP contribution in [0.25, 0.3) is 0 Å². The van der Waals surface area contributed by atoms with Gasteiger partial charge in [-0.25, -0.2) is 0 Å². The van der Waals surface area contributed by atoms with Crippen LogP contribution in [-0.4, -0.2) is 73.6 Å². The molecule has 5 nitrogen and oxygen atoms in total. The molecule has 1 aromatic carbocycles. The summed E-state index contributed by atoms with van der Waals surface area (Å²) in [6.07, 6.45) is -9.58. The van der Waals surface area contributed by atoms with Crippen LogP contribution in [0.3, 0.4) is 0 Å². The second-order valence-corrected chi connectivity index (χ2v) is 6.43. The molecule has 0 unspecified atom stereocenters. The lowest BCUT2D eigenvalue weighted by Crippen LogP contribution is -2.65. The maximum Gasteiger partial charge on any atom is 0.573 e. The van der Waals surface area contributed by atoms with E-state index in [2.05, 4.69) is 4.74 Å². The first-order chi connectivity index (χ1) is 12.5. The highest BCUT2D eigenvalue weighted by Gasteiger charge is 2.47. The molecule has 0 atom stereocenters. The van der Waals surface area contributed by atoms with Gasteiger partial charge in [-0.1, -0.05) is 0 Å². The third kappa shape index (κ3) is 4.76. The van der Waals surface area contributed by atoms with Gasteiger partial charge in [-0.3, -0.25) is 9.69 Å². The molecule has 1 aromatic rings. The standard InChI is InChI=1S/C16H17F6N3O2/c17-15(18,19)14(26)25-9-12(10-25)24-7-5-23(6-8-24)11-1-3-13(4-2-11)27-16(20,21)22/h1-4,12H,5-10H2. The third-order valence-corrected chi connectivity index (χ3v) is 4.66. The van der Waals surface area contributed by atoms with Crippen molar-refractivity contribution >= 4 is 11.6 Å². The lowest BCUT2D eigenvalue weighted by Gasteiger charge is -2.48. The van der Waals surface area contributed by atoms with Crippen LogP contribution < -0.4 is 9.64 Å². The van der Waals surface area contributed by atoms with Crippen molar-refractivity contribution in [3.8, 4) is 5.75 Å². The molecule has 0 spiro atoms. The number of carbonyl (C=O) groups excluding carboxylic acids is 1. The molecule has 0 aromatic heterocycles. The predicted molar refractivity (Wildman–Crippen MR) is 83.3 cm³/mol. The molecular weight excluding hydrogens is 380 g/mol. The van der Waals surface area contributed by atoms with E-state index in [1.807, 2.05) is 9.80 Å². The molecule has 27 heavy (non-hydrogen) atoms. The Bertz CT molecular complexity index is 662. The Hall–Kier alpha value is -2.17. The van der Waals surface area contributed by atoms with Crippen molar-refractivity contribution in [3.63, 3.8) is 0 Å². The number of nitrogens with zero attached hydrogens (tertiary/aromatic N) is 3. The summed E-state index contributed by atoms with van der Waals surface area (Å²) in [5, 5.41) is 0. The summed E-state index contributed by atoms with van der Waals surface area (Å²) in [6, 6.07) is 5.44. The van der Waals surface area contributed by atoms with Crippen LogP contribution in [0.1, 0.15) is 0 Å². The summed E-state index contributed by atoms with van der Waals surface area (Å²) in [6.45, 7) is 2.48. The Morgan fingerprint density at radius 2 is 1.48 bits per heavy atom. The minimum absolute atomic E-state index is 0.0574. The van der Waals surface area contributed by atoms with Crippen LogP contribution in [0, 0.1) is 0 Å². The van der Waals surface area contributed by atoms with Crippen LogP contribution >= 0.6 is 0 Å². The number of likely N-dealkylation sites (tertiary alicyclic amines) is 1. The summed E-state index contributed by atoms with van der Waals surface area (Å²) in [7, 11) is 0. The average molecular weight is 397 g/mol. The quantitative estimate of drug-likeness (QED) is 0.735. The highest BCUT2D eigenvalue weighted by Crippen LogP contribution is 2.28. The molecule has 2 aliphatic rings. The Balaban J connectivity index is 1.47. The fourth-order valence-electron chi connectivity index (χ4n) is 3.24. The summed E-state index contributed by atoms with van der Waals surface area (Å²) in [4.78, 5) is 15.9. The highest BCUT2D eigenvalue weighted by molar-refractivity contribution is 5.82. The molecule has 0 saturated carbocycles. The van der Waals surface area contributed by atoms with Gasteiger partial charge in [0.2, 0.25) is 0 Å². The lowest BCUT2D eigenvalue weighted by molar-refractivity contribution is -0.274. The van der Waals surface area contributed by atoms with Crippen LogP contribution in [0.2, 0.25) is 0 Å². The summed E-state index contributed by atoms with van der Waals surface area (Å²) >= 11 is 0. The molecule has 2 fully saturated rings. The van der Waals surface area contributed by atoms with E-state index < -0.39 is 18.4 Å². The molecule has 0 aliphatic carbocycles. The van der Waals surface area contributed by atoms with Crippen LogP contribution in [0.5, 0.6) is 5.75 Å². The first-order valence-electron chi connectivity index (χ1n) is 8.24. The number of benzene rings is 1. The second kappa shape index (κ2) is 7.10. The summed E-state index contributed by atoms with van der Waals surface area (Å²) < 4.78 is 77.4. The fraction of sp³-hybridized carbons (Fsp3) is 0.562. The number of ether oxygens (including phenoxy) is 1. The van der Waals surface area contributed by atoms with Crippen molar-refractivity contribution in [2.75, 3.05) is 44.2 Å². The fourth-order valence-corrected chi connectivity index (χ4v) is 3.24. The zero-order valence-electron chi connectivity index (χ0n) is 14.1. The largest absolute Gasteiger partial charge is 0.573 e. The maximum absolute atomic E-state index is 12.4. The molecule has 0 bridgehead atoms. The van der Waals surface area contributed by atoms with E-state index in [1.54, 1.807) is 0 Å². The van der Waals surface area contributed by atoms with Crippen molar-refractivity contribution in [2.24, 2.45) is 0 Å². The molecule has 150 valence electrons. The molecule has 0 radical (unpaired) electrons. The van der Waals surface area contributed by atoms with Gasteiger partial charge >= 0.3 is 18.4 Å². The van der Waals surface area contributed by atoms with Gasteiger partial charge in [0, 0.05) is 51.0 Å². The number of hydrogen-bond donors (Lipinski definition) is 0. The molecule has 2 heterocycles. The summed E-state index contributed by atoms with van der Waals surface area (Å²) in [5.74, 6) is -2.10. The van der Waals surface area contributed by atoms with Gasteiger partial charge in [0.15, 0.2) is 0 Å². The minimum Gasteiger partial charge on any atom is -0.406 e. The van der Waals surface area contributed by atoms with E-state index >= 15 is 0 Å². The van der Waals surface area contributed by atoms with Crippen molar-refractivity contribution in [1.82, 2.24) is 9.80 Å². The molecule has 2 saturated heterocycles. The number of hydrogen-bond acceptors (Lipinski definition) is 4. The van der Waals surface area contributed by atoms with Crippen molar-refractivity contribution in [1.29, 1.82) is 0 Å². The SMILES string of the molecule is O=C(N1CC(N2CCN(c3ccc(OC(F)(F)F)cc3)CC2)C1)C(F)(F)F. The zero-order valence-corrected chi connectivity index (χ0v) is 14.1. The van der Waals surface area contributed by atoms with Gasteiger partial charge < -0.3 is 14.5 Å². The molecule has 2 aliphatic heterocycles. The van der Waals surface area contributed by atoms with Gasteiger partial charge in [0.05, 0.1) is 0 Å². The Morgan fingerprint density at radius 3 is 1.96 bits per heavy atom. The van der Waals surface area contributed by atoms with Crippen LogP contribution in [0.4, 0.5) is 32.0 Å². The van der Waals surface area contributed by atoms with Crippen LogP contribution in [-0.2, 0) is 4.79 Å². The zero-order chi connectivity index (χ0) is 19.8. The van der Waals surface area contributed by atoms with Gasteiger partial charge in [0.25, 0.3) is 0 Å². The van der Waals surface area contributed by atoms with Gasteiger partial charge in [-0.05, 0) is 24.3 Å². The number of amides is 1. The lowest BCUT2D eigenvalue weighted by atomic mass is 10.1. The maximum atomic E-state index is 12.4. The Kier molecular flexibility index (Phi) is 5.15. The first-order valence-corrected chi connectivity index (χ1v) is 8.24. The normalized spacial score (nSPS) is 19.8. The molecule has 11 heteroatoms. The predicted octanol–water partition coefficient (Wildman–Crippen LogP) is 2.48. The van der Waals surface area contributed by atoms with E-state index in [9.17, 15) is 31.1 Å². The first kappa shape index (κ1) is 19.6. The van der Waals surface area contributed by atoms with Crippen molar-refractivity contribution in [3.05, 3.63) is 24.3 Å². The number of carbonyl (C=O) groups is 1. The molecule has 3 rings (SSSR count). The topological polar surface area (TPSA) is 36.0 Å². The molecular formula is C16H17F6N3O2. The molecule has 0 N–H and O–H groups in total. The Labute approximate surface area is 151 Å². The van der Waals surface area contributed by atoms with E-state index in [-0.39, 0.29) is 24.9 Å². The molecule has 1 amide bonds. The van der Waals surface area contributed by atoms with E-state index in [4.69, 9.17) is 0 Å².